The molecule has 9 aromatic rings. The van der Waals surface area contributed by atoms with E-state index in [2.05, 4.69) is 219 Å². The molecule has 4 unspecified atom stereocenters. The molecule has 9 aromatic carbocycles. The highest BCUT2D eigenvalue weighted by Gasteiger charge is 2.60. The lowest BCUT2D eigenvalue weighted by atomic mass is 9.61. The van der Waals surface area contributed by atoms with Crippen molar-refractivity contribution < 1.29 is 0 Å². The van der Waals surface area contributed by atoms with Gasteiger partial charge in [0.15, 0.2) is 0 Å². The van der Waals surface area contributed by atoms with Crippen molar-refractivity contribution in [2.75, 3.05) is 9.80 Å². The number of rotatable bonds is 4. The summed E-state index contributed by atoms with van der Waals surface area (Å²) in [7, 11) is 0. The zero-order valence-electron chi connectivity index (χ0n) is 39.4. The van der Waals surface area contributed by atoms with Gasteiger partial charge in [-0.05, 0) is 118 Å². The Kier molecular flexibility index (Phi) is 8.10. The first kappa shape index (κ1) is 39.5. The maximum Gasteiger partial charge on any atom is 0.0715 e. The van der Waals surface area contributed by atoms with Crippen molar-refractivity contribution in [1.82, 2.24) is 0 Å². The van der Waals surface area contributed by atoms with E-state index < -0.39 is 5.41 Å². The first-order valence-corrected chi connectivity index (χ1v) is 25.2. The van der Waals surface area contributed by atoms with Crippen LogP contribution in [0.15, 0.2) is 182 Å². The Morgan fingerprint density at radius 1 is 0.373 bits per heavy atom. The number of nitrogens with zero attached hydrogens (tertiary/aromatic N) is 2. The molecule has 2 nitrogen and oxygen atoms in total. The van der Waals surface area contributed by atoms with E-state index >= 15 is 0 Å². The van der Waals surface area contributed by atoms with Crippen LogP contribution in [0.1, 0.15) is 112 Å². The van der Waals surface area contributed by atoms with Crippen molar-refractivity contribution in [3.05, 3.63) is 215 Å². The molecule has 0 N–H and O–H groups in total. The molecule has 2 saturated carbocycles. The lowest BCUT2D eigenvalue weighted by Gasteiger charge is -2.50. The van der Waals surface area contributed by atoms with Gasteiger partial charge in [-0.15, -0.1) is 0 Å². The van der Waals surface area contributed by atoms with E-state index in [-0.39, 0.29) is 21.9 Å². The molecule has 0 spiro atoms. The van der Waals surface area contributed by atoms with Crippen LogP contribution >= 0.6 is 0 Å². The molecule has 3 aliphatic carbocycles. The summed E-state index contributed by atoms with van der Waals surface area (Å²) in [5.74, 6) is 0. The summed E-state index contributed by atoms with van der Waals surface area (Å²) in [6, 6.07) is 70.8. The van der Waals surface area contributed by atoms with Crippen molar-refractivity contribution in [3.63, 3.8) is 0 Å². The highest BCUT2D eigenvalue weighted by Crippen LogP contribution is 2.67. The monoisotopic (exact) mass is 866 g/mol. The molecule has 2 aliphatic heterocycles. The Morgan fingerprint density at radius 3 is 1.43 bits per heavy atom. The van der Waals surface area contributed by atoms with Gasteiger partial charge in [0.2, 0.25) is 0 Å². The first-order chi connectivity index (χ1) is 32.7. The molecule has 0 amide bonds. The molecule has 0 bridgehead atoms. The van der Waals surface area contributed by atoms with Crippen LogP contribution in [0.25, 0.3) is 43.4 Å². The second kappa shape index (κ2) is 13.7. The van der Waals surface area contributed by atoms with Gasteiger partial charge in [-0.2, -0.15) is 0 Å². The van der Waals surface area contributed by atoms with Crippen molar-refractivity contribution in [1.29, 1.82) is 0 Å². The smallest absolute Gasteiger partial charge is 0.0715 e. The molecule has 0 radical (unpaired) electrons. The first-order valence-electron chi connectivity index (χ1n) is 25.2. The fraction of sp³-hybridized carbons (Fsp3) is 0.262. The predicted octanol–water partition coefficient (Wildman–Crippen LogP) is 17.0. The van der Waals surface area contributed by atoms with E-state index in [1.807, 2.05) is 0 Å². The number of anilines is 4. The van der Waals surface area contributed by atoms with Gasteiger partial charge in [0.05, 0.1) is 27.9 Å². The van der Waals surface area contributed by atoms with E-state index in [1.165, 1.54) is 138 Å². The largest absolute Gasteiger partial charge is 0.334 e. The van der Waals surface area contributed by atoms with Gasteiger partial charge in [-0.1, -0.05) is 203 Å². The van der Waals surface area contributed by atoms with Gasteiger partial charge < -0.3 is 9.80 Å². The Hall–Kier alpha value is -6.64. The SMILES string of the molecule is CC12CCCCC1(C)N(c1ccc3c(c1)C(c1ccccc1)(c1ccccc1)c1cc(N4c5c(ccc6ccccc56)C5(C)CCCCC45C)c4ccccc4c1-3)c1c2ccc2ccccc12. The molecule has 0 aromatic heterocycles. The Bertz CT molecular complexity index is 3480. The van der Waals surface area contributed by atoms with Crippen molar-refractivity contribution >= 4 is 55.1 Å². The number of fused-ring (bicyclic) bond motifs is 15. The summed E-state index contributed by atoms with van der Waals surface area (Å²) in [4.78, 5) is 5.70. The second-order valence-electron chi connectivity index (χ2n) is 21.7. The summed E-state index contributed by atoms with van der Waals surface area (Å²) in [5.41, 5.74) is 15.7. The Morgan fingerprint density at radius 2 is 0.851 bits per heavy atom. The molecule has 5 aliphatic rings. The maximum atomic E-state index is 2.87. The molecule has 2 heteroatoms. The quantitative estimate of drug-likeness (QED) is 0.174. The fourth-order valence-electron chi connectivity index (χ4n) is 15.4. The van der Waals surface area contributed by atoms with Gasteiger partial charge in [0.25, 0.3) is 0 Å². The zero-order chi connectivity index (χ0) is 44.9. The standard InChI is InChI=1S/C65H58N2/c1-61-37-17-19-39-63(61,3)66(59-48-27-13-11-21-43(48)31-35-53(59)61)47-33-34-52-55(41-47)65(45-23-7-5-8-24-45,46-25-9-6-10-26-46)56-42-57(50-29-15-16-30-51(50)58(52)56)67-60-49-28-14-12-22-44(49)32-36-54(60)62(2)38-18-20-40-64(62,67)4/h5-16,21-36,41-42H,17-20,37-40H2,1-4H3. The molecule has 67 heavy (non-hydrogen) atoms. The highest BCUT2D eigenvalue weighted by atomic mass is 15.3. The molecular formula is C65H58N2. The molecule has 328 valence electrons. The van der Waals surface area contributed by atoms with Crippen molar-refractivity contribution in [2.24, 2.45) is 0 Å². The highest BCUT2D eigenvalue weighted by molar-refractivity contribution is 6.13. The van der Waals surface area contributed by atoms with Gasteiger partial charge in [-0.3, -0.25) is 0 Å². The Labute approximate surface area is 395 Å². The van der Waals surface area contributed by atoms with Crippen LogP contribution in [0.5, 0.6) is 0 Å². The average molecular weight is 867 g/mol. The lowest BCUT2D eigenvalue weighted by Crippen LogP contribution is -2.54. The van der Waals surface area contributed by atoms with E-state index in [4.69, 9.17) is 0 Å². The van der Waals surface area contributed by atoms with E-state index in [9.17, 15) is 0 Å². The van der Waals surface area contributed by atoms with Crippen LogP contribution in [0.3, 0.4) is 0 Å². The number of hydrogen-bond acceptors (Lipinski definition) is 2. The number of hydrogen-bond donors (Lipinski definition) is 0. The van der Waals surface area contributed by atoms with Gasteiger partial charge in [0.1, 0.15) is 0 Å². The summed E-state index contributed by atoms with van der Waals surface area (Å²) in [6.45, 7) is 10.3. The third kappa shape index (κ3) is 4.82. The van der Waals surface area contributed by atoms with Gasteiger partial charge in [0, 0.05) is 38.4 Å². The second-order valence-corrected chi connectivity index (χ2v) is 21.7. The van der Waals surface area contributed by atoms with E-state index in [1.54, 1.807) is 0 Å². The third-order valence-electron chi connectivity index (χ3n) is 19.0. The lowest BCUT2D eigenvalue weighted by molar-refractivity contribution is 0.195. The van der Waals surface area contributed by atoms with Gasteiger partial charge >= 0.3 is 0 Å². The molecule has 2 fully saturated rings. The van der Waals surface area contributed by atoms with Crippen LogP contribution in [0, 0.1) is 0 Å². The summed E-state index contributed by atoms with van der Waals surface area (Å²) in [5, 5.41) is 7.99. The minimum Gasteiger partial charge on any atom is -0.334 e. The predicted molar refractivity (Wildman–Crippen MR) is 282 cm³/mol. The van der Waals surface area contributed by atoms with Crippen LogP contribution < -0.4 is 9.80 Å². The molecule has 2 heterocycles. The van der Waals surface area contributed by atoms with Crippen LogP contribution in [0.2, 0.25) is 0 Å². The molecular weight excluding hydrogens is 809 g/mol. The topological polar surface area (TPSA) is 6.48 Å². The minimum absolute atomic E-state index is 0.00152. The fourth-order valence-corrected chi connectivity index (χ4v) is 15.4. The van der Waals surface area contributed by atoms with Crippen molar-refractivity contribution in [3.8, 4) is 11.1 Å². The van der Waals surface area contributed by atoms with Gasteiger partial charge in [-0.25, -0.2) is 0 Å². The van der Waals surface area contributed by atoms with E-state index in [0.717, 1.165) is 12.8 Å². The van der Waals surface area contributed by atoms with Crippen LogP contribution in [-0.2, 0) is 16.2 Å². The summed E-state index contributed by atoms with van der Waals surface area (Å²) >= 11 is 0. The summed E-state index contributed by atoms with van der Waals surface area (Å²) in [6.07, 6.45) is 9.68. The third-order valence-corrected chi connectivity index (χ3v) is 19.0. The summed E-state index contributed by atoms with van der Waals surface area (Å²) < 4.78 is 0. The molecule has 14 rings (SSSR count). The maximum absolute atomic E-state index is 2.87. The Balaban J connectivity index is 1.10. The molecule has 0 saturated heterocycles. The van der Waals surface area contributed by atoms with Crippen LogP contribution in [0.4, 0.5) is 22.7 Å². The zero-order valence-corrected chi connectivity index (χ0v) is 39.4. The average Bonchev–Trinajstić information content (AvgIpc) is 3.87. The number of benzene rings is 9. The van der Waals surface area contributed by atoms with Crippen molar-refractivity contribution in [2.45, 2.75) is 106 Å². The normalized spacial score (nSPS) is 25.4. The van der Waals surface area contributed by atoms with E-state index in [0.29, 0.717) is 0 Å². The molecule has 4 atom stereocenters. The minimum atomic E-state index is -0.599. The van der Waals surface area contributed by atoms with Crippen LogP contribution in [-0.4, -0.2) is 11.1 Å².